The quantitative estimate of drug-likeness (QED) is 0.350. The topological polar surface area (TPSA) is 43.1 Å². The number of aromatic nitrogens is 3. The fourth-order valence-electron chi connectivity index (χ4n) is 3.80. The molecule has 0 fully saturated rings. The summed E-state index contributed by atoms with van der Waals surface area (Å²) in [5.41, 5.74) is 6.58. The summed E-state index contributed by atoms with van der Waals surface area (Å²) in [6.07, 6.45) is 3.74. The minimum absolute atomic E-state index is 0.411. The molecule has 0 N–H and O–H groups in total. The summed E-state index contributed by atoms with van der Waals surface area (Å²) < 4.78 is 2.01. The van der Waals surface area contributed by atoms with Gasteiger partial charge in [0.1, 0.15) is 5.69 Å². The van der Waals surface area contributed by atoms with E-state index in [1.165, 1.54) is 11.1 Å². The van der Waals surface area contributed by atoms with Crippen molar-refractivity contribution < 1.29 is 0 Å². The van der Waals surface area contributed by atoms with Gasteiger partial charge in [-0.25, -0.2) is 0 Å². The Hall–Kier alpha value is -3.27. The fraction of sp³-hybridized carbons (Fsp3) is 0.269. The average Bonchev–Trinajstić information content (AvgIpc) is 3.10. The molecule has 30 heavy (non-hydrogen) atoms. The van der Waals surface area contributed by atoms with Crippen molar-refractivity contribution in [2.24, 2.45) is 4.99 Å². The van der Waals surface area contributed by atoms with Gasteiger partial charge in [0, 0.05) is 11.6 Å². The monoisotopic (exact) mass is 396 g/mol. The third-order valence-electron chi connectivity index (χ3n) is 5.38. The van der Waals surface area contributed by atoms with E-state index in [1.807, 2.05) is 47.4 Å². The van der Waals surface area contributed by atoms with Crippen LogP contribution in [0.1, 0.15) is 62.0 Å². The van der Waals surface area contributed by atoms with Crippen molar-refractivity contribution in [1.29, 1.82) is 0 Å². The van der Waals surface area contributed by atoms with Gasteiger partial charge in [0.15, 0.2) is 0 Å². The predicted octanol–water partition coefficient (Wildman–Crippen LogP) is 6.48. The molecule has 2 aromatic carbocycles. The lowest BCUT2D eigenvalue weighted by Gasteiger charge is -2.16. The molecule has 2 aromatic heterocycles. The summed E-state index contributed by atoms with van der Waals surface area (Å²) in [4.78, 5) is 9.42. The van der Waals surface area contributed by atoms with E-state index in [0.717, 1.165) is 28.0 Å². The van der Waals surface area contributed by atoms with Crippen molar-refractivity contribution >= 4 is 22.8 Å². The number of hydrogen-bond acceptors (Lipinski definition) is 3. The SMILES string of the molecule is CC(C)c1cccc(C(C)C)c1/N=C/c1nn(Cc2ccccn2)c2ccccc12. The van der Waals surface area contributed by atoms with Crippen LogP contribution in [0.5, 0.6) is 0 Å². The van der Waals surface area contributed by atoms with E-state index in [9.17, 15) is 0 Å². The van der Waals surface area contributed by atoms with Gasteiger partial charge in [0.05, 0.1) is 29.7 Å². The second-order valence-electron chi connectivity index (χ2n) is 8.23. The molecule has 2 heterocycles. The number of nitrogens with zero attached hydrogens (tertiary/aromatic N) is 4. The van der Waals surface area contributed by atoms with Crippen molar-refractivity contribution in [3.63, 3.8) is 0 Å². The molecule has 4 nitrogen and oxygen atoms in total. The second kappa shape index (κ2) is 8.62. The van der Waals surface area contributed by atoms with E-state index >= 15 is 0 Å². The van der Waals surface area contributed by atoms with Crippen LogP contribution in [0.4, 0.5) is 5.69 Å². The van der Waals surface area contributed by atoms with E-state index in [1.54, 1.807) is 0 Å². The largest absolute Gasteiger partial charge is 0.259 e. The summed E-state index contributed by atoms with van der Waals surface area (Å²) in [7, 11) is 0. The Morgan fingerprint density at radius 1 is 0.867 bits per heavy atom. The van der Waals surface area contributed by atoms with Crippen LogP contribution in [0.3, 0.4) is 0 Å². The smallest absolute Gasteiger partial charge is 0.111 e. The van der Waals surface area contributed by atoms with Crippen LogP contribution in [-0.4, -0.2) is 21.0 Å². The van der Waals surface area contributed by atoms with Crippen molar-refractivity contribution in [3.05, 3.63) is 89.4 Å². The Morgan fingerprint density at radius 3 is 2.23 bits per heavy atom. The van der Waals surface area contributed by atoms with Gasteiger partial charge < -0.3 is 0 Å². The van der Waals surface area contributed by atoms with E-state index in [4.69, 9.17) is 10.1 Å². The molecule has 0 amide bonds. The van der Waals surface area contributed by atoms with Crippen LogP contribution >= 0.6 is 0 Å². The molecule has 0 aliphatic heterocycles. The number of aliphatic imine (C=N–C) groups is 1. The van der Waals surface area contributed by atoms with Crippen LogP contribution in [0.2, 0.25) is 0 Å². The van der Waals surface area contributed by atoms with E-state index in [0.29, 0.717) is 18.4 Å². The highest BCUT2D eigenvalue weighted by atomic mass is 15.3. The van der Waals surface area contributed by atoms with Crippen LogP contribution in [-0.2, 0) is 6.54 Å². The van der Waals surface area contributed by atoms with Crippen LogP contribution < -0.4 is 0 Å². The van der Waals surface area contributed by atoms with Gasteiger partial charge in [0.2, 0.25) is 0 Å². The average molecular weight is 397 g/mol. The highest BCUT2D eigenvalue weighted by Gasteiger charge is 2.14. The van der Waals surface area contributed by atoms with Crippen molar-refractivity contribution in [1.82, 2.24) is 14.8 Å². The second-order valence-corrected chi connectivity index (χ2v) is 8.23. The first-order valence-electron chi connectivity index (χ1n) is 10.6. The molecule has 0 saturated heterocycles. The molecule has 0 saturated carbocycles. The molecule has 4 heteroatoms. The van der Waals surface area contributed by atoms with Gasteiger partial charge in [-0.2, -0.15) is 5.10 Å². The summed E-state index contributed by atoms with van der Waals surface area (Å²) in [6.45, 7) is 9.50. The lowest BCUT2D eigenvalue weighted by atomic mass is 9.93. The van der Waals surface area contributed by atoms with Crippen LogP contribution in [0, 0.1) is 0 Å². The zero-order chi connectivity index (χ0) is 21.1. The number of fused-ring (bicyclic) bond motifs is 1. The highest BCUT2D eigenvalue weighted by molar-refractivity contribution is 5.98. The highest BCUT2D eigenvalue weighted by Crippen LogP contribution is 2.34. The van der Waals surface area contributed by atoms with Crippen LogP contribution in [0.15, 0.2) is 71.9 Å². The van der Waals surface area contributed by atoms with Gasteiger partial charge in [-0.1, -0.05) is 70.2 Å². The number of hydrogen-bond donors (Lipinski definition) is 0. The molecule has 0 spiro atoms. The molecular formula is C26H28N4. The minimum Gasteiger partial charge on any atom is -0.259 e. The Bertz CT molecular complexity index is 1140. The maximum Gasteiger partial charge on any atom is 0.111 e. The zero-order valence-electron chi connectivity index (χ0n) is 18.1. The molecule has 4 aromatic rings. The molecule has 0 unspecified atom stereocenters. The van der Waals surface area contributed by atoms with E-state index < -0.39 is 0 Å². The zero-order valence-corrected chi connectivity index (χ0v) is 18.1. The first-order valence-corrected chi connectivity index (χ1v) is 10.6. The van der Waals surface area contributed by atoms with Crippen molar-refractivity contribution in [2.75, 3.05) is 0 Å². The molecule has 0 bridgehead atoms. The first-order chi connectivity index (χ1) is 14.5. The number of benzene rings is 2. The Morgan fingerprint density at radius 2 is 1.57 bits per heavy atom. The van der Waals surface area contributed by atoms with Gasteiger partial charge in [-0.15, -0.1) is 0 Å². The molecule has 0 aliphatic carbocycles. The van der Waals surface area contributed by atoms with E-state index in [-0.39, 0.29) is 0 Å². The van der Waals surface area contributed by atoms with E-state index in [2.05, 4.69) is 63.0 Å². The lowest BCUT2D eigenvalue weighted by molar-refractivity contribution is 0.695. The Balaban J connectivity index is 1.78. The summed E-state index contributed by atoms with van der Waals surface area (Å²) in [5.74, 6) is 0.823. The standard InChI is InChI=1S/C26H28N4/c1-18(2)21-12-9-13-22(19(3)4)26(21)28-16-24-23-11-5-6-14-25(23)30(29-24)17-20-10-7-8-15-27-20/h5-16,18-19H,17H2,1-4H3/b28-16+. The third kappa shape index (κ3) is 4.04. The Labute approximate surface area is 178 Å². The van der Waals surface area contributed by atoms with Gasteiger partial charge in [0.25, 0.3) is 0 Å². The fourth-order valence-corrected chi connectivity index (χ4v) is 3.80. The van der Waals surface area contributed by atoms with Gasteiger partial charge in [-0.05, 0) is 41.2 Å². The predicted molar refractivity (Wildman–Crippen MR) is 125 cm³/mol. The maximum absolute atomic E-state index is 4.97. The molecule has 0 atom stereocenters. The first kappa shape index (κ1) is 20.0. The number of pyridine rings is 1. The molecule has 0 aliphatic rings. The van der Waals surface area contributed by atoms with Gasteiger partial charge in [-0.3, -0.25) is 14.7 Å². The number of rotatable bonds is 6. The lowest BCUT2D eigenvalue weighted by Crippen LogP contribution is -2.03. The molecular weight excluding hydrogens is 368 g/mol. The van der Waals surface area contributed by atoms with Crippen molar-refractivity contribution in [2.45, 2.75) is 46.1 Å². The molecule has 4 rings (SSSR count). The normalized spacial score (nSPS) is 11.9. The summed E-state index contributed by atoms with van der Waals surface area (Å²) in [6, 6.07) is 20.8. The number of para-hydroxylation sites is 2. The molecule has 0 radical (unpaired) electrons. The van der Waals surface area contributed by atoms with Gasteiger partial charge >= 0.3 is 0 Å². The maximum atomic E-state index is 4.97. The van der Waals surface area contributed by atoms with Crippen LogP contribution in [0.25, 0.3) is 10.9 Å². The third-order valence-corrected chi connectivity index (χ3v) is 5.38. The summed E-state index contributed by atoms with van der Waals surface area (Å²) in [5, 5.41) is 5.98. The van der Waals surface area contributed by atoms with Crippen molar-refractivity contribution in [3.8, 4) is 0 Å². The molecule has 152 valence electrons. The minimum atomic E-state index is 0.411. The Kier molecular flexibility index (Phi) is 5.75. The summed E-state index contributed by atoms with van der Waals surface area (Å²) >= 11 is 0.